The molecule has 0 saturated heterocycles. The molecule has 2 rings (SSSR count). The van der Waals surface area contributed by atoms with E-state index in [1.54, 1.807) is 31.4 Å². The van der Waals surface area contributed by atoms with Gasteiger partial charge in [0.2, 0.25) is 5.91 Å². The largest absolute Gasteiger partial charge is 0.497 e. The van der Waals surface area contributed by atoms with Crippen molar-refractivity contribution >= 4 is 41.3 Å². The van der Waals surface area contributed by atoms with Crippen molar-refractivity contribution in [2.45, 2.75) is 4.90 Å². The van der Waals surface area contributed by atoms with Gasteiger partial charge in [0.25, 0.3) is 5.91 Å². The molecule has 2 aromatic carbocycles. The summed E-state index contributed by atoms with van der Waals surface area (Å²) in [5.41, 5.74) is 5.52. The second-order valence-electron chi connectivity index (χ2n) is 4.89. The van der Waals surface area contributed by atoms with Gasteiger partial charge < -0.3 is 4.74 Å². The Morgan fingerprint density at radius 2 is 1.92 bits per heavy atom. The number of rotatable bonds is 6. The number of carbonyl (C=O) groups excluding carboxylic acids is 2. The lowest BCUT2D eigenvalue weighted by molar-refractivity contribution is -0.125. The molecule has 0 spiro atoms. The van der Waals surface area contributed by atoms with E-state index in [4.69, 9.17) is 16.3 Å². The van der Waals surface area contributed by atoms with Crippen LogP contribution in [0.1, 0.15) is 5.56 Å². The molecule has 130 valence electrons. The van der Waals surface area contributed by atoms with Gasteiger partial charge in [-0.25, -0.2) is 0 Å². The van der Waals surface area contributed by atoms with Crippen LogP contribution in [-0.4, -0.2) is 24.7 Å². The Balaban J connectivity index is 1.74. The van der Waals surface area contributed by atoms with E-state index in [2.05, 4.69) is 10.9 Å². The molecule has 2 aromatic rings. The molecular formula is C18H17ClN2O3S. The number of hydrogen-bond acceptors (Lipinski definition) is 4. The van der Waals surface area contributed by atoms with Crippen LogP contribution in [0.5, 0.6) is 5.75 Å². The standard InChI is InChI=1S/C18H17ClN2O3S/c1-24-15-4-2-3-13(11-15)5-10-17(22)20-21-18(23)12-25-16-8-6-14(19)7-9-16/h2-11H,12H2,1H3,(H,20,22)(H,21,23)/b10-5+. The molecular weight excluding hydrogens is 360 g/mol. The van der Waals surface area contributed by atoms with Gasteiger partial charge in [0, 0.05) is 16.0 Å². The molecule has 7 heteroatoms. The molecule has 0 fully saturated rings. The smallest absolute Gasteiger partial charge is 0.262 e. The minimum atomic E-state index is -0.423. The van der Waals surface area contributed by atoms with E-state index < -0.39 is 5.91 Å². The third-order valence-electron chi connectivity index (χ3n) is 3.03. The lowest BCUT2D eigenvalue weighted by atomic mass is 10.2. The predicted octanol–water partition coefficient (Wildman–Crippen LogP) is 3.30. The third kappa shape index (κ3) is 6.91. The normalized spacial score (nSPS) is 10.5. The summed E-state index contributed by atoms with van der Waals surface area (Å²) in [6.07, 6.45) is 2.97. The molecule has 0 atom stereocenters. The Kier molecular flexibility index (Phi) is 7.37. The molecule has 0 aromatic heterocycles. The van der Waals surface area contributed by atoms with Gasteiger partial charge in [-0.1, -0.05) is 23.7 Å². The van der Waals surface area contributed by atoms with E-state index in [0.29, 0.717) is 10.8 Å². The predicted molar refractivity (Wildman–Crippen MR) is 100 cm³/mol. The Hall–Kier alpha value is -2.44. The summed E-state index contributed by atoms with van der Waals surface area (Å²) in [5, 5.41) is 0.642. The quantitative estimate of drug-likeness (QED) is 0.461. The summed E-state index contributed by atoms with van der Waals surface area (Å²) < 4.78 is 5.11. The molecule has 25 heavy (non-hydrogen) atoms. The van der Waals surface area contributed by atoms with Crippen molar-refractivity contribution in [2.75, 3.05) is 12.9 Å². The van der Waals surface area contributed by atoms with Gasteiger partial charge in [-0.3, -0.25) is 20.4 Å². The highest BCUT2D eigenvalue weighted by Crippen LogP contribution is 2.19. The first-order valence-corrected chi connectivity index (χ1v) is 8.72. The Bertz CT molecular complexity index is 763. The van der Waals surface area contributed by atoms with Crippen LogP contribution in [-0.2, 0) is 9.59 Å². The number of amides is 2. The zero-order valence-electron chi connectivity index (χ0n) is 13.5. The maximum absolute atomic E-state index is 11.7. The van der Waals surface area contributed by atoms with Crippen molar-refractivity contribution in [3.8, 4) is 5.75 Å². The number of ether oxygens (including phenoxy) is 1. The Morgan fingerprint density at radius 3 is 2.64 bits per heavy atom. The van der Waals surface area contributed by atoms with Gasteiger partial charge in [-0.05, 0) is 48.0 Å². The maximum atomic E-state index is 11.7. The van der Waals surface area contributed by atoms with Crippen LogP contribution in [0.4, 0.5) is 0 Å². The summed E-state index contributed by atoms with van der Waals surface area (Å²) in [6.45, 7) is 0. The van der Waals surface area contributed by atoms with Crippen molar-refractivity contribution in [3.05, 3.63) is 65.2 Å². The molecule has 2 amide bonds. The summed E-state index contributed by atoms with van der Waals surface area (Å²) in [7, 11) is 1.58. The lowest BCUT2D eigenvalue weighted by Gasteiger charge is -2.05. The number of carbonyl (C=O) groups is 2. The fourth-order valence-electron chi connectivity index (χ4n) is 1.81. The molecule has 0 heterocycles. The Morgan fingerprint density at radius 1 is 1.16 bits per heavy atom. The van der Waals surface area contributed by atoms with Crippen LogP contribution < -0.4 is 15.6 Å². The average molecular weight is 377 g/mol. The third-order valence-corrected chi connectivity index (χ3v) is 4.29. The van der Waals surface area contributed by atoms with Gasteiger partial charge in [-0.15, -0.1) is 11.8 Å². The fourth-order valence-corrected chi connectivity index (χ4v) is 2.63. The number of benzene rings is 2. The molecule has 0 bridgehead atoms. The van der Waals surface area contributed by atoms with Gasteiger partial charge in [0.1, 0.15) is 5.75 Å². The average Bonchev–Trinajstić information content (AvgIpc) is 2.64. The van der Waals surface area contributed by atoms with Crippen LogP contribution >= 0.6 is 23.4 Å². The summed E-state index contributed by atoms with van der Waals surface area (Å²) >= 11 is 7.15. The van der Waals surface area contributed by atoms with E-state index >= 15 is 0 Å². The molecule has 2 N–H and O–H groups in total. The van der Waals surface area contributed by atoms with Gasteiger partial charge in [0.05, 0.1) is 12.9 Å². The number of hydrazine groups is 1. The fraction of sp³-hybridized carbons (Fsp3) is 0.111. The molecule has 0 aliphatic rings. The lowest BCUT2D eigenvalue weighted by Crippen LogP contribution is -2.41. The highest BCUT2D eigenvalue weighted by atomic mass is 35.5. The second-order valence-corrected chi connectivity index (χ2v) is 6.38. The SMILES string of the molecule is COc1cccc(/C=C/C(=O)NNC(=O)CSc2ccc(Cl)cc2)c1. The van der Waals surface area contributed by atoms with E-state index in [1.165, 1.54) is 17.8 Å². The first-order chi connectivity index (χ1) is 12.1. The van der Waals surface area contributed by atoms with Crippen molar-refractivity contribution in [1.29, 1.82) is 0 Å². The zero-order chi connectivity index (χ0) is 18.1. The first-order valence-electron chi connectivity index (χ1n) is 7.36. The topological polar surface area (TPSA) is 67.4 Å². The molecule has 0 saturated carbocycles. The highest BCUT2D eigenvalue weighted by Gasteiger charge is 2.04. The van der Waals surface area contributed by atoms with Crippen molar-refractivity contribution in [1.82, 2.24) is 10.9 Å². The van der Waals surface area contributed by atoms with Gasteiger partial charge in [0.15, 0.2) is 0 Å². The van der Waals surface area contributed by atoms with E-state index in [9.17, 15) is 9.59 Å². The van der Waals surface area contributed by atoms with Crippen LogP contribution in [0.3, 0.4) is 0 Å². The summed E-state index contributed by atoms with van der Waals surface area (Å²) in [4.78, 5) is 24.4. The first kappa shape index (κ1) is 18.9. The molecule has 5 nitrogen and oxygen atoms in total. The zero-order valence-corrected chi connectivity index (χ0v) is 15.1. The minimum absolute atomic E-state index is 0.182. The molecule has 0 aliphatic carbocycles. The Labute approximate surface area is 155 Å². The highest BCUT2D eigenvalue weighted by molar-refractivity contribution is 8.00. The number of thioether (sulfide) groups is 1. The van der Waals surface area contributed by atoms with Gasteiger partial charge >= 0.3 is 0 Å². The van der Waals surface area contributed by atoms with Crippen molar-refractivity contribution in [2.24, 2.45) is 0 Å². The van der Waals surface area contributed by atoms with E-state index in [-0.39, 0.29) is 11.7 Å². The van der Waals surface area contributed by atoms with Crippen molar-refractivity contribution in [3.63, 3.8) is 0 Å². The number of halogens is 1. The maximum Gasteiger partial charge on any atom is 0.262 e. The van der Waals surface area contributed by atoms with Crippen LogP contribution in [0.15, 0.2) is 59.5 Å². The monoisotopic (exact) mass is 376 g/mol. The molecule has 0 unspecified atom stereocenters. The van der Waals surface area contributed by atoms with Gasteiger partial charge in [-0.2, -0.15) is 0 Å². The van der Waals surface area contributed by atoms with Crippen LogP contribution in [0.25, 0.3) is 6.08 Å². The van der Waals surface area contributed by atoms with E-state index in [1.807, 2.05) is 30.3 Å². The van der Waals surface area contributed by atoms with Crippen LogP contribution in [0.2, 0.25) is 5.02 Å². The molecule has 0 aliphatic heterocycles. The molecule has 0 radical (unpaired) electrons. The minimum Gasteiger partial charge on any atom is -0.497 e. The van der Waals surface area contributed by atoms with E-state index in [0.717, 1.165) is 10.5 Å². The number of methoxy groups -OCH3 is 1. The van der Waals surface area contributed by atoms with Crippen molar-refractivity contribution < 1.29 is 14.3 Å². The summed E-state index contributed by atoms with van der Waals surface area (Å²) in [5.74, 6) is 0.160. The summed E-state index contributed by atoms with van der Waals surface area (Å²) in [6, 6.07) is 14.5. The van der Waals surface area contributed by atoms with Crippen LogP contribution in [0, 0.1) is 0 Å². The number of hydrogen-bond donors (Lipinski definition) is 2. The number of nitrogens with one attached hydrogen (secondary N) is 2. The second kappa shape index (κ2) is 9.76.